The summed E-state index contributed by atoms with van der Waals surface area (Å²) in [7, 11) is -2.11. The number of nitrogens with zero attached hydrogens (tertiary/aromatic N) is 1. The van der Waals surface area contributed by atoms with Crippen molar-refractivity contribution in [2.24, 2.45) is 5.92 Å². The number of sulfonamides is 1. The van der Waals surface area contributed by atoms with Gasteiger partial charge in [-0.25, -0.2) is 8.42 Å². The summed E-state index contributed by atoms with van der Waals surface area (Å²) in [5, 5.41) is 3.10. The third-order valence-corrected chi connectivity index (χ3v) is 8.04. The highest BCUT2D eigenvalue weighted by molar-refractivity contribution is 7.89. The highest BCUT2D eigenvalue weighted by Crippen LogP contribution is 2.27. The van der Waals surface area contributed by atoms with Crippen LogP contribution in [0.1, 0.15) is 48.1 Å². The van der Waals surface area contributed by atoms with Crippen LogP contribution >= 0.6 is 0 Å². The van der Waals surface area contributed by atoms with Crippen molar-refractivity contribution in [3.8, 4) is 5.75 Å². The maximum absolute atomic E-state index is 13.1. The number of benzene rings is 2. The number of ether oxygens (including phenoxy) is 1. The highest BCUT2D eigenvalue weighted by Gasteiger charge is 2.33. The molecule has 1 aliphatic rings. The molecule has 168 valence electrons. The lowest BCUT2D eigenvalue weighted by Crippen LogP contribution is -2.45. The maximum atomic E-state index is 13.1. The van der Waals surface area contributed by atoms with Crippen LogP contribution in [0.15, 0.2) is 41.3 Å². The zero-order chi connectivity index (χ0) is 22.8. The van der Waals surface area contributed by atoms with Crippen LogP contribution in [-0.2, 0) is 14.8 Å². The lowest BCUT2D eigenvalue weighted by Gasteiger charge is -2.32. The first kappa shape index (κ1) is 23.3. The molecule has 1 saturated heterocycles. The average Bonchev–Trinajstić information content (AvgIpc) is 2.76. The van der Waals surface area contributed by atoms with Crippen molar-refractivity contribution in [3.05, 3.63) is 58.7 Å². The molecule has 0 aliphatic carbocycles. The fraction of sp³-hybridized carbons (Fsp3) is 0.458. The lowest BCUT2D eigenvalue weighted by molar-refractivity contribution is -0.126. The quantitative estimate of drug-likeness (QED) is 0.733. The van der Waals surface area contributed by atoms with Gasteiger partial charge in [0, 0.05) is 13.1 Å². The number of amides is 1. The Morgan fingerprint density at radius 2 is 1.74 bits per heavy atom. The van der Waals surface area contributed by atoms with Crippen molar-refractivity contribution < 1.29 is 17.9 Å². The van der Waals surface area contributed by atoms with Gasteiger partial charge in [0.05, 0.1) is 24.0 Å². The summed E-state index contributed by atoms with van der Waals surface area (Å²) < 4.78 is 32.7. The third-order valence-electron chi connectivity index (χ3n) is 6.16. The highest BCUT2D eigenvalue weighted by atomic mass is 32.2. The van der Waals surface area contributed by atoms with E-state index in [1.54, 1.807) is 24.3 Å². The van der Waals surface area contributed by atoms with Crippen molar-refractivity contribution in [2.75, 3.05) is 20.2 Å². The van der Waals surface area contributed by atoms with E-state index < -0.39 is 10.0 Å². The van der Waals surface area contributed by atoms with Crippen molar-refractivity contribution in [1.82, 2.24) is 9.62 Å². The Labute approximate surface area is 185 Å². The first-order valence-electron chi connectivity index (χ1n) is 10.7. The molecule has 3 rings (SSSR count). The Bertz CT molecular complexity index is 1050. The van der Waals surface area contributed by atoms with E-state index in [2.05, 4.69) is 31.3 Å². The second-order valence-corrected chi connectivity index (χ2v) is 10.3. The summed E-state index contributed by atoms with van der Waals surface area (Å²) in [6.07, 6.45) is 1.34. The number of nitrogens with one attached hydrogen (secondary N) is 1. The van der Waals surface area contributed by atoms with Gasteiger partial charge in [-0.3, -0.25) is 4.79 Å². The molecule has 6 nitrogen and oxygen atoms in total. The molecular weight excluding hydrogens is 412 g/mol. The molecule has 0 unspecified atom stereocenters. The van der Waals surface area contributed by atoms with Crippen LogP contribution in [0.2, 0.25) is 0 Å². The number of rotatable bonds is 6. The minimum atomic E-state index is -3.65. The third kappa shape index (κ3) is 5.10. The van der Waals surface area contributed by atoms with Gasteiger partial charge in [0.25, 0.3) is 0 Å². The number of carbonyl (C=O) groups excluding carboxylic acids is 1. The fourth-order valence-electron chi connectivity index (χ4n) is 4.13. The molecule has 1 heterocycles. The minimum absolute atomic E-state index is 0.0974. The van der Waals surface area contributed by atoms with Gasteiger partial charge in [-0.15, -0.1) is 0 Å². The summed E-state index contributed by atoms with van der Waals surface area (Å²) in [5.74, 6) is 0.140. The van der Waals surface area contributed by atoms with Crippen molar-refractivity contribution in [2.45, 2.75) is 51.5 Å². The zero-order valence-corrected chi connectivity index (χ0v) is 19.8. The first-order chi connectivity index (χ1) is 14.6. The molecule has 1 aliphatic heterocycles. The van der Waals surface area contributed by atoms with Gasteiger partial charge in [0.1, 0.15) is 5.75 Å². The Kier molecular flexibility index (Phi) is 7.06. The van der Waals surface area contributed by atoms with E-state index in [-0.39, 0.29) is 29.3 Å². The molecule has 2 aromatic rings. The van der Waals surface area contributed by atoms with E-state index in [0.29, 0.717) is 25.1 Å². The van der Waals surface area contributed by atoms with Gasteiger partial charge in [-0.1, -0.05) is 12.1 Å². The Hall–Kier alpha value is -2.38. The Balaban J connectivity index is 1.71. The van der Waals surface area contributed by atoms with Gasteiger partial charge in [0.15, 0.2) is 0 Å². The number of aryl methyl sites for hydroxylation is 3. The van der Waals surface area contributed by atoms with Crippen LogP contribution in [0.4, 0.5) is 0 Å². The van der Waals surface area contributed by atoms with Crippen molar-refractivity contribution in [1.29, 1.82) is 0 Å². The Morgan fingerprint density at radius 3 is 2.39 bits per heavy atom. The largest absolute Gasteiger partial charge is 0.497 e. The first-order valence-corrected chi connectivity index (χ1v) is 12.1. The van der Waals surface area contributed by atoms with Gasteiger partial charge in [-0.2, -0.15) is 4.31 Å². The van der Waals surface area contributed by atoms with Gasteiger partial charge in [-0.05, 0) is 87.1 Å². The van der Waals surface area contributed by atoms with E-state index in [4.69, 9.17) is 4.74 Å². The summed E-state index contributed by atoms with van der Waals surface area (Å²) >= 11 is 0. The molecular formula is C24H32N2O4S. The molecule has 1 amide bonds. The number of hydrogen-bond donors (Lipinski definition) is 1. The molecule has 2 aromatic carbocycles. The van der Waals surface area contributed by atoms with E-state index >= 15 is 0 Å². The summed E-state index contributed by atoms with van der Waals surface area (Å²) in [5.41, 5.74) is 4.65. The lowest BCUT2D eigenvalue weighted by atomic mass is 9.95. The second-order valence-electron chi connectivity index (χ2n) is 8.40. The van der Waals surface area contributed by atoms with Gasteiger partial charge in [0.2, 0.25) is 15.9 Å². The van der Waals surface area contributed by atoms with Crippen LogP contribution in [0.3, 0.4) is 0 Å². The van der Waals surface area contributed by atoms with Gasteiger partial charge < -0.3 is 10.1 Å². The molecule has 0 aromatic heterocycles. The molecule has 31 heavy (non-hydrogen) atoms. The number of hydrogen-bond acceptors (Lipinski definition) is 4. The molecule has 0 bridgehead atoms. The standard InChI is InChI=1S/C24H32N2O4S/c1-16-13-18(3)23(14-17(16)2)19(4)25-24(27)20-7-6-12-26(15-20)31(28,29)22-10-8-21(30-5)9-11-22/h8-11,13-14,19-20H,6-7,12,15H2,1-5H3,(H,25,27)/t19-,20-/m1/s1. The summed E-state index contributed by atoms with van der Waals surface area (Å²) in [6.45, 7) is 8.78. The predicted molar refractivity (Wildman–Crippen MR) is 122 cm³/mol. The van der Waals surface area contributed by atoms with E-state index in [0.717, 1.165) is 11.1 Å². The SMILES string of the molecule is COc1ccc(S(=O)(=O)N2CCC[C@@H](C(=O)N[C@H](C)c3cc(C)c(C)cc3C)C2)cc1. The maximum Gasteiger partial charge on any atom is 0.243 e. The normalized spacial score (nSPS) is 18.4. The number of methoxy groups -OCH3 is 1. The van der Waals surface area contributed by atoms with E-state index in [1.807, 2.05) is 13.8 Å². The zero-order valence-electron chi connectivity index (χ0n) is 18.9. The molecule has 0 spiro atoms. The van der Waals surface area contributed by atoms with Crippen molar-refractivity contribution in [3.63, 3.8) is 0 Å². The molecule has 0 saturated carbocycles. The van der Waals surface area contributed by atoms with Crippen molar-refractivity contribution >= 4 is 15.9 Å². The number of piperidine rings is 1. The van der Waals surface area contributed by atoms with Crippen LogP contribution in [0.25, 0.3) is 0 Å². The van der Waals surface area contributed by atoms with Gasteiger partial charge >= 0.3 is 0 Å². The van der Waals surface area contributed by atoms with Crippen LogP contribution in [0, 0.1) is 26.7 Å². The topological polar surface area (TPSA) is 75.7 Å². The predicted octanol–water partition coefficient (Wildman–Crippen LogP) is 3.90. The second kappa shape index (κ2) is 9.40. The smallest absolute Gasteiger partial charge is 0.243 e. The van der Waals surface area contributed by atoms with E-state index in [9.17, 15) is 13.2 Å². The fourth-order valence-corrected chi connectivity index (χ4v) is 5.65. The van der Waals surface area contributed by atoms with Crippen LogP contribution in [-0.4, -0.2) is 38.8 Å². The monoisotopic (exact) mass is 444 g/mol. The number of carbonyl (C=O) groups is 1. The summed E-state index contributed by atoms with van der Waals surface area (Å²) in [6, 6.07) is 10.5. The molecule has 1 fully saturated rings. The summed E-state index contributed by atoms with van der Waals surface area (Å²) in [4.78, 5) is 13.2. The molecule has 2 atom stereocenters. The van der Waals surface area contributed by atoms with Crippen LogP contribution in [0.5, 0.6) is 5.75 Å². The van der Waals surface area contributed by atoms with E-state index in [1.165, 1.54) is 22.5 Å². The average molecular weight is 445 g/mol. The Morgan fingerprint density at radius 1 is 1.10 bits per heavy atom. The minimum Gasteiger partial charge on any atom is -0.497 e. The molecule has 0 radical (unpaired) electrons. The molecule has 7 heteroatoms. The van der Waals surface area contributed by atoms with Crippen LogP contribution < -0.4 is 10.1 Å². The molecule has 1 N–H and O–H groups in total.